The minimum Gasteiger partial charge on any atom is -0.480 e. The Balaban J connectivity index is 1.66. The van der Waals surface area contributed by atoms with Gasteiger partial charge in [-0.2, -0.15) is 4.98 Å². The molecule has 0 spiro atoms. The highest BCUT2D eigenvalue weighted by molar-refractivity contribution is 5.84. The molecule has 0 saturated carbocycles. The Labute approximate surface area is 167 Å². The maximum Gasteiger partial charge on any atom is 0.326 e. The van der Waals surface area contributed by atoms with Crippen molar-refractivity contribution in [3.05, 3.63) is 15.9 Å². The van der Waals surface area contributed by atoms with Crippen LogP contribution < -0.4 is 27.7 Å². The van der Waals surface area contributed by atoms with E-state index in [1.165, 1.54) is 0 Å². The molecule has 11 heteroatoms. The highest BCUT2D eigenvalue weighted by atomic mass is 16.4. The van der Waals surface area contributed by atoms with Crippen molar-refractivity contribution < 1.29 is 19.5 Å². The van der Waals surface area contributed by atoms with Crippen LogP contribution in [-0.2, 0) is 20.8 Å². The first-order chi connectivity index (χ1) is 13.8. The Kier molecular flexibility index (Phi) is 7.98. The van der Waals surface area contributed by atoms with Gasteiger partial charge in [0.05, 0.1) is 5.56 Å². The molecule has 0 aliphatic carbocycles. The van der Waals surface area contributed by atoms with Gasteiger partial charge in [0.15, 0.2) is 0 Å². The van der Waals surface area contributed by atoms with Crippen LogP contribution in [0.25, 0.3) is 0 Å². The Morgan fingerprint density at radius 1 is 1.24 bits per heavy atom. The number of aliphatic carboxylic acids is 1. The summed E-state index contributed by atoms with van der Waals surface area (Å²) in [6.07, 6.45) is 3.95. The van der Waals surface area contributed by atoms with Crippen LogP contribution in [0.2, 0.25) is 0 Å². The topological polar surface area (TPSA) is 193 Å². The molecule has 0 fully saturated rings. The highest BCUT2D eigenvalue weighted by Crippen LogP contribution is 2.23. The van der Waals surface area contributed by atoms with Crippen molar-refractivity contribution in [3.63, 3.8) is 0 Å². The number of fused-ring (bicyclic) bond motifs is 1. The van der Waals surface area contributed by atoms with Crippen molar-refractivity contribution in [1.82, 2.24) is 15.3 Å². The Morgan fingerprint density at radius 3 is 2.69 bits per heavy atom. The molecule has 29 heavy (non-hydrogen) atoms. The normalized spacial score (nSPS) is 16.3. The van der Waals surface area contributed by atoms with Gasteiger partial charge < -0.3 is 27.2 Å². The number of carbonyl (C=O) groups is 3. The van der Waals surface area contributed by atoms with Crippen LogP contribution in [0, 0.1) is 5.92 Å². The van der Waals surface area contributed by atoms with Crippen LogP contribution in [0.4, 0.5) is 11.8 Å². The molecule has 2 amide bonds. The number of nitrogen functional groups attached to an aromatic ring is 1. The fraction of sp³-hybridized carbons (Fsp3) is 0.611. The molecule has 0 bridgehead atoms. The maximum absolute atomic E-state index is 12.0. The van der Waals surface area contributed by atoms with E-state index in [4.69, 9.17) is 16.6 Å². The zero-order valence-electron chi connectivity index (χ0n) is 16.2. The molecule has 2 rings (SSSR count). The standard InChI is InChI=1S/C18H28N6O5/c19-13(25)7-6-12(17(28)29)22-14(26)5-3-1-2-4-10-8-11-15(21-9-10)23-18(20)24-16(11)27/h10,12H,1-9H2,(H2,19,25)(H,22,26)(H,28,29)(H4,20,21,23,24,27)/t10-,12-/m0/s1. The first-order valence-electron chi connectivity index (χ1n) is 9.69. The number of hydrogen-bond donors (Lipinski definition) is 6. The lowest BCUT2D eigenvalue weighted by Gasteiger charge is -2.24. The third-order valence-corrected chi connectivity index (χ3v) is 4.91. The number of carboxylic acids is 1. The average Bonchev–Trinajstić information content (AvgIpc) is 2.64. The van der Waals surface area contributed by atoms with E-state index >= 15 is 0 Å². The lowest BCUT2D eigenvalue weighted by Crippen LogP contribution is -2.41. The average molecular weight is 408 g/mol. The monoisotopic (exact) mass is 408 g/mol. The van der Waals surface area contributed by atoms with E-state index in [-0.39, 0.29) is 36.7 Å². The van der Waals surface area contributed by atoms with E-state index in [9.17, 15) is 19.2 Å². The minimum atomic E-state index is -1.18. The second-order valence-corrected chi connectivity index (χ2v) is 7.29. The predicted molar refractivity (Wildman–Crippen MR) is 106 cm³/mol. The zero-order valence-corrected chi connectivity index (χ0v) is 16.2. The lowest BCUT2D eigenvalue weighted by atomic mass is 9.91. The van der Waals surface area contributed by atoms with Crippen LogP contribution in [-0.4, -0.2) is 45.4 Å². The lowest BCUT2D eigenvalue weighted by molar-refractivity contribution is -0.142. The number of carboxylic acid groups (broad SMARTS) is 1. The van der Waals surface area contributed by atoms with Gasteiger partial charge in [-0.3, -0.25) is 19.4 Å². The van der Waals surface area contributed by atoms with Gasteiger partial charge in [-0.15, -0.1) is 0 Å². The molecule has 2 atom stereocenters. The molecule has 11 nitrogen and oxygen atoms in total. The zero-order chi connectivity index (χ0) is 21.4. The predicted octanol–water partition coefficient (Wildman–Crippen LogP) is -0.278. The molecule has 2 heterocycles. The van der Waals surface area contributed by atoms with Gasteiger partial charge in [0.25, 0.3) is 5.56 Å². The fourth-order valence-corrected chi connectivity index (χ4v) is 3.36. The van der Waals surface area contributed by atoms with Crippen molar-refractivity contribution in [2.45, 2.75) is 57.4 Å². The third-order valence-electron chi connectivity index (χ3n) is 4.91. The number of carbonyl (C=O) groups excluding carboxylic acids is 2. The van der Waals surface area contributed by atoms with Crippen molar-refractivity contribution in [2.24, 2.45) is 11.7 Å². The van der Waals surface area contributed by atoms with E-state index < -0.39 is 17.9 Å². The third kappa shape index (κ3) is 7.09. The van der Waals surface area contributed by atoms with Crippen LogP contribution in [0.1, 0.15) is 50.5 Å². The summed E-state index contributed by atoms with van der Waals surface area (Å²) in [5, 5.41) is 14.6. The number of rotatable bonds is 11. The summed E-state index contributed by atoms with van der Waals surface area (Å²) >= 11 is 0. The fourth-order valence-electron chi connectivity index (χ4n) is 3.36. The Morgan fingerprint density at radius 2 is 2.00 bits per heavy atom. The molecule has 0 saturated heterocycles. The maximum atomic E-state index is 12.0. The SMILES string of the molecule is NC(=O)CC[C@H](NC(=O)CCCCC[C@@H]1CNc2nc(N)[nH]c(=O)c2C1)C(=O)O. The summed E-state index contributed by atoms with van der Waals surface area (Å²) in [4.78, 5) is 52.4. The van der Waals surface area contributed by atoms with Crippen LogP contribution >= 0.6 is 0 Å². The van der Waals surface area contributed by atoms with Gasteiger partial charge >= 0.3 is 5.97 Å². The summed E-state index contributed by atoms with van der Waals surface area (Å²) in [6.45, 7) is 0.712. The van der Waals surface area contributed by atoms with Gasteiger partial charge in [-0.25, -0.2) is 4.79 Å². The van der Waals surface area contributed by atoms with E-state index in [0.717, 1.165) is 19.3 Å². The molecule has 1 aliphatic rings. The number of aromatic amines is 1. The molecular weight excluding hydrogens is 380 g/mol. The number of hydrogen-bond acceptors (Lipinski definition) is 7. The largest absolute Gasteiger partial charge is 0.480 e. The summed E-state index contributed by atoms with van der Waals surface area (Å²) < 4.78 is 0. The van der Waals surface area contributed by atoms with Crippen molar-refractivity contribution in [1.29, 1.82) is 0 Å². The number of amides is 2. The van der Waals surface area contributed by atoms with E-state index in [1.807, 2.05) is 0 Å². The molecule has 0 aromatic carbocycles. The van der Waals surface area contributed by atoms with Gasteiger partial charge in [0, 0.05) is 19.4 Å². The quantitative estimate of drug-likeness (QED) is 0.269. The molecule has 1 aliphatic heterocycles. The Hall–Kier alpha value is -3.11. The van der Waals surface area contributed by atoms with Crippen molar-refractivity contribution in [2.75, 3.05) is 17.6 Å². The second-order valence-electron chi connectivity index (χ2n) is 7.29. The van der Waals surface area contributed by atoms with E-state index in [1.54, 1.807) is 0 Å². The number of H-pyrrole nitrogens is 1. The van der Waals surface area contributed by atoms with Gasteiger partial charge in [-0.05, 0) is 31.6 Å². The van der Waals surface area contributed by atoms with Gasteiger partial charge in [0.2, 0.25) is 17.8 Å². The number of primary amides is 1. The van der Waals surface area contributed by atoms with E-state index in [0.29, 0.717) is 36.7 Å². The minimum absolute atomic E-state index is 0.0216. The number of anilines is 2. The molecule has 0 unspecified atom stereocenters. The molecule has 160 valence electrons. The summed E-state index contributed by atoms with van der Waals surface area (Å²) in [5.41, 5.74) is 10.9. The first kappa shape index (κ1) is 22.2. The van der Waals surface area contributed by atoms with Crippen LogP contribution in [0.5, 0.6) is 0 Å². The summed E-state index contributed by atoms with van der Waals surface area (Å²) in [5.74, 6) is -1.21. The highest BCUT2D eigenvalue weighted by Gasteiger charge is 2.22. The molecular formula is C18H28N6O5. The summed E-state index contributed by atoms with van der Waals surface area (Å²) in [7, 11) is 0. The molecule has 8 N–H and O–H groups in total. The second kappa shape index (κ2) is 10.4. The van der Waals surface area contributed by atoms with Gasteiger partial charge in [-0.1, -0.05) is 12.8 Å². The summed E-state index contributed by atoms with van der Waals surface area (Å²) in [6, 6.07) is -1.11. The number of nitrogens with zero attached hydrogens (tertiary/aromatic N) is 1. The van der Waals surface area contributed by atoms with Crippen LogP contribution in [0.15, 0.2) is 4.79 Å². The molecule has 1 aromatic rings. The van der Waals surface area contributed by atoms with Gasteiger partial charge in [0.1, 0.15) is 11.9 Å². The van der Waals surface area contributed by atoms with Crippen molar-refractivity contribution >= 4 is 29.5 Å². The van der Waals surface area contributed by atoms with Crippen molar-refractivity contribution in [3.8, 4) is 0 Å². The number of aromatic nitrogens is 2. The first-order valence-corrected chi connectivity index (χ1v) is 9.69. The number of nitrogens with one attached hydrogen (secondary N) is 3. The molecule has 0 radical (unpaired) electrons. The Bertz CT molecular complexity index is 808. The van der Waals surface area contributed by atoms with Crippen LogP contribution in [0.3, 0.4) is 0 Å². The molecule has 1 aromatic heterocycles. The van der Waals surface area contributed by atoms with E-state index in [2.05, 4.69) is 20.6 Å². The number of nitrogens with two attached hydrogens (primary N) is 2. The smallest absolute Gasteiger partial charge is 0.326 e. The number of unbranched alkanes of at least 4 members (excludes halogenated alkanes) is 2.